The third-order valence-corrected chi connectivity index (χ3v) is 5.48. The van der Waals surface area contributed by atoms with Crippen LogP contribution in [-0.2, 0) is 7.05 Å². The van der Waals surface area contributed by atoms with Gasteiger partial charge in [0.2, 0.25) is 0 Å². The first kappa shape index (κ1) is 17.3. The highest BCUT2D eigenvalue weighted by Gasteiger charge is 2.26. The highest BCUT2D eigenvalue weighted by atomic mass is 15.3. The summed E-state index contributed by atoms with van der Waals surface area (Å²) in [5.74, 6) is 2.52. The number of aryl methyl sites for hydroxylation is 1. The van der Waals surface area contributed by atoms with Gasteiger partial charge in [0, 0.05) is 52.4 Å². The topological polar surface area (TPSA) is 48.7 Å². The minimum Gasteiger partial charge on any atom is -0.355 e. The van der Waals surface area contributed by atoms with Crippen molar-refractivity contribution in [1.82, 2.24) is 24.9 Å². The van der Waals surface area contributed by atoms with E-state index in [-0.39, 0.29) is 0 Å². The molecule has 1 unspecified atom stereocenters. The zero-order valence-corrected chi connectivity index (χ0v) is 15.4. The molecule has 0 amide bonds. The quantitative estimate of drug-likeness (QED) is 0.671. The van der Waals surface area contributed by atoms with Crippen molar-refractivity contribution in [3.63, 3.8) is 0 Å². The van der Waals surface area contributed by atoms with E-state index in [1.54, 1.807) is 0 Å². The smallest absolute Gasteiger partial charge is 0.193 e. The Labute approximate surface area is 145 Å². The van der Waals surface area contributed by atoms with E-state index < -0.39 is 0 Å². The zero-order chi connectivity index (χ0) is 16.9. The molecule has 0 radical (unpaired) electrons. The summed E-state index contributed by atoms with van der Waals surface area (Å²) in [5, 5.41) is 7.87. The van der Waals surface area contributed by atoms with E-state index in [4.69, 9.17) is 0 Å². The maximum atomic E-state index is 4.49. The van der Waals surface area contributed by atoms with Gasteiger partial charge in [0.05, 0.1) is 6.20 Å². The molecule has 2 aliphatic heterocycles. The minimum atomic E-state index is 0.570. The number of nitrogens with one attached hydrogen (secondary N) is 1. The maximum Gasteiger partial charge on any atom is 0.193 e. The monoisotopic (exact) mass is 332 g/mol. The summed E-state index contributed by atoms with van der Waals surface area (Å²) >= 11 is 0. The Morgan fingerprint density at radius 1 is 1.29 bits per heavy atom. The molecule has 1 aromatic rings. The Kier molecular flexibility index (Phi) is 5.76. The van der Waals surface area contributed by atoms with E-state index in [0.717, 1.165) is 38.1 Å². The number of hydrogen-bond acceptors (Lipinski definition) is 3. The lowest BCUT2D eigenvalue weighted by Crippen LogP contribution is -2.44. The van der Waals surface area contributed by atoms with Crippen LogP contribution in [0.15, 0.2) is 17.4 Å². The first-order chi connectivity index (χ1) is 11.7. The number of guanidine groups is 1. The number of aliphatic imine (C=N–C) groups is 1. The average Bonchev–Trinajstić information content (AvgIpc) is 3.22. The van der Waals surface area contributed by atoms with Gasteiger partial charge in [-0.05, 0) is 43.8 Å². The number of rotatable bonds is 4. The van der Waals surface area contributed by atoms with Crippen molar-refractivity contribution >= 4 is 5.96 Å². The molecule has 0 spiro atoms. The van der Waals surface area contributed by atoms with Crippen molar-refractivity contribution < 1.29 is 0 Å². The zero-order valence-electron chi connectivity index (χ0n) is 15.4. The van der Waals surface area contributed by atoms with Crippen LogP contribution in [0.2, 0.25) is 0 Å². The third-order valence-electron chi connectivity index (χ3n) is 5.48. The molecule has 3 rings (SSSR count). The second-order valence-electron chi connectivity index (χ2n) is 7.38. The number of hydrogen-bond donors (Lipinski definition) is 1. The third kappa shape index (κ3) is 4.29. The number of aromatic nitrogens is 2. The van der Waals surface area contributed by atoms with Gasteiger partial charge in [0.25, 0.3) is 0 Å². The van der Waals surface area contributed by atoms with Gasteiger partial charge in [-0.3, -0.25) is 9.67 Å². The van der Waals surface area contributed by atoms with Gasteiger partial charge >= 0.3 is 0 Å². The molecule has 3 heterocycles. The Morgan fingerprint density at radius 3 is 2.75 bits per heavy atom. The summed E-state index contributed by atoms with van der Waals surface area (Å²) in [5.41, 5.74) is 1.35. The van der Waals surface area contributed by atoms with Gasteiger partial charge in [0.1, 0.15) is 0 Å². The lowest BCUT2D eigenvalue weighted by molar-refractivity contribution is 0.195. The van der Waals surface area contributed by atoms with E-state index >= 15 is 0 Å². The molecule has 6 nitrogen and oxygen atoms in total. The van der Waals surface area contributed by atoms with Gasteiger partial charge in [0.15, 0.2) is 5.96 Å². The summed E-state index contributed by atoms with van der Waals surface area (Å²) in [6, 6.07) is 0. The molecule has 1 atom stereocenters. The molecule has 0 bridgehead atoms. The first-order valence-electron chi connectivity index (χ1n) is 9.32. The van der Waals surface area contributed by atoms with Crippen LogP contribution in [0.1, 0.15) is 37.7 Å². The SMILES string of the molecule is CN=C(NCCN1CCC(C)CC1)N1CCC(c2cnn(C)c2)C1. The minimum absolute atomic E-state index is 0.570. The van der Waals surface area contributed by atoms with Crippen LogP contribution in [0.5, 0.6) is 0 Å². The summed E-state index contributed by atoms with van der Waals surface area (Å²) in [6.45, 7) is 9.06. The normalized spacial score (nSPS) is 23.9. The van der Waals surface area contributed by atoms with Gasteiger partial charge in [-0.2, -0.15) is 5.10 Å². The van der Waals surface area contributed by atoms with E-state index in [1.807, 2.05) is 25.0 Å². The second kappa shape index (κ2) is 8.01. The van der Waals surface area contributed by atoms with Crippen LogP contribution in [0.3, 0.4) is 0 Å². The van der Waals surface area contributed by atoms with Gasteiger partial charge in [-0.15, -0.1) is 0 Å². The van der Waals surface area contributed by atoms with Crippen molar-refractivity contribution in [3.8, 4) is 0 Å². The number of piperidine rings is 1. The molecule has 2 saturated heterocycles. The number of likely N-dealkylation sites (tertiary alicyclic amines) is 2. The van der Waals surface area contributed by atoms with Crippen LogP contribution < -0.4 is 5.32 Å². The summed E-state index contributed by atoms with van der Waals surface area (Å²) in [6.07, 6.45) is 8.00. The molecule has 0 aliphatic carbocycles. The molecule has 6 heteroatoms. The molecule has 24 heavy (non-hydrogen) atoms. The van der Waals surface area contributed by atoms with Gasteiger partial charge in [-0.25, -0.2) is 0 Å². The first-order valence-corrected chi connectivity index (χ1v) is 9.32. The average molecular weight is 332 g/mol. The van der Waals surface area contributed by atoms with Crippen LogP contribution in [0.25, 0.3) is 0 Å². The predicted molar refractivity (Wildman–Crippen MR) is 98.3 cm³/mol. The Morgan fingerprint density at radius 2 is 2.08 bits per heavy atom. The highest BCUT2D eigenvalue weighted by Crippen LogP contribution is 2.26. The Bertz CT molecular complexity index is 543. The van der Waals surface area contributed by atoms with Crippen molar-refractivity contribution in [3.05, 3.63) is 18.0 Å². The fourth-order valence-electron chi connectivity index (χ4n) is 3.82. The molecule has 134 valence electrons. The fraction of sp³-hybridized carbons (Fsp3) is 0.778. The lowest BCUT2D eigenvalue weighted by Gasteiger charge is -2.30. The van der Waals surface area contributed by atoms with E-state index in [0.29, 0.717) is 5.92 Å². The molecule has 0 saturated carbocycles. The van der Waals surface area contributed by atoms with Crippen LogP contribution in [-0.4, -0.2) is 71.9 Å². The van der Waals surface area contributed by atoms with E-state index in [9.17, 15) is 0 Å². The Hall–Kier alpha value is -1.56. The molecule has 1 aromatic heterocycles. The van der Waals surface area contributed by atoms with E-state index in [1.165, 1.54) is 37.9 Å². The summed E-state index contributed by atoms with van der Waals surface area (Å²) in [4.78, 5) is 9.45. The van der Waals surface area contributed by atoms with Crippen LogP contribution in [0.4, 0.5) is 0 Å². The van der Waals surface area contributed by atoms with Crippen molar-refractivity contribution in [2.45, 2.75) is 32.1 Å². The largest absolute Gasteiger partial charge is 0.355 e. The fourth-order valence-corrected chi connectivity index (χ4v) is 3.82. The van der Waals surface area contributed by atoms with Gasteiger partial charge < -0.3 is 15.1 Å². The van der Waals surface area contributed by atoms with E-state index in [2.05, 4.69) is 38.3 Å². The molecular weight excluding hydrogens is 300 g/mol. The van der Waals surface area contributed by atoms with Crippen LogP contribution >= 0.6 is 0 Å². The standard InChI is InChI=1S/C18H32N6/c1-15-4-8-23(9-5-15)11-7-20-18(19-2)24-10-6-16(14-24)17-12-21-22(3)13-17/h12-13,15-16H,4-11,14H2,1-3H3,(H,19,20). The lowest BCUT2D eigenvalue weighted by atomic mass is 9.99. The molecule has 0 aromatic carbocycles. The predicted octanol–water partition coefficient (Wildman–Crippen LogP) is 1.52. The van der Waals surface area contributed by atoms with Crippen molar-refractivity contribution in [2.24, 2.45) is 18.0 Å². The van der Waals surface area contributed by atoms with Crippen LogP contribution in [0, 0.1) is 5.92 Å². The maximum absolute atomic E-state index is 4.49. The second-order valence-corrected chi connectivity index (χ2v) is 7.38. The molecule has 1 N–H and O–H groups in total. The van der Waals surface area contributed by atoms with Crippen molar-refractivity contribution in [1.29, 1.82) is 0 Å². The summed E-state index contributed by atoms with van der Waals surface area (Å²) in [7, 11) is 3.88. The summed E-state index contributed by atoms with van der Waals surface area (Å²) < 4.78 is 1.89. The van der Waals surface area contributed by atoms with Crippen molar-refractivity contribution in [2.75, 3.05) is 46.3 Å². The number of nitrogens with zero attached hydrogens (tertiary/aromatic N) is 5. The Balaban J connectivity index is 1.43. The molecular formula is C18H32N6. The highest BCUT2D eigenvalue weighted by molar-refractivity contribution is 5.80. The molecule has 2 fully saturated rings. The van der Waals surface area contributed by atoms with Gasteiger partial charge in [-0.1, -0.05) is 6.92 Å². The molecule has 2 aliphatic rings.